The van der Waals surface area contributed by atoms with Crippen LogP contribution < -0.4 is 4.90 Å². The SMILES string of the molecule is [C-]#[N+]C1=C(C(=O)OC2C(C)CC(C)CC2C)c2nc(-c3ccccc3)nn2C1=Nc1ccc(N(CC(=O)OCC)C(=O)CC)cc1Cl. The van der Waals surface area contributed by atoms with Gasteiger partial charge in [0.25, 0.3) is 0 Å². The van der Waals surface area contributed by atoms with Crippen molar-refractivity contribution in [2.75, 3.05) is 18.1 Å². The normalized spacial score (nSPS) is 21.3. The standard InChI is InChI=1S/C35H37ClN6O5/c1-7-27(43)41(19-28(44)46-8-2)24-14-15-26(25(36)18-24)38-34-30(37-6)29(35(45)47-31-21(4)16-20(3)17-22(31)5)33-39-32(40-42(33)34)23-12-10-9-11-13-23/h9-15,18,20-22,31H,7-8,16-17,19H2,1-5H3. The van der Waals surface area contributed by atoms with Crippen molar-refractivity contribution in [2.24, 2.45) is 22.7 Å². The smallest absolute Gasteiger partial charge is 0.331 e. The van der Waals surface area contributed by atoms with Crippen LogP contribution in [0, 0.1) is 24.3 Å². The van der Waals surface area contributed by atoms with Gasteiger partial charge >= 0.3 is 11.9 Å². The van der Waals surface area contributed by atoms with E-state index in [2.05, 4.69) is 35.7 Å². The van der Waals surface area contributed by atoms with E-state index in [1.807, 2.05) is 30.3 Å². The van der Waals surface area contributed by atoms with Crippen molar-refractivity contribution >= 4 is 52.2 Å². The molecule has 12 heteroatoms. The maximum Gasteiger partial charge on any atom is 0.331 e. The Hall–Kier alpha value is -4.82. The number of hydrogen-bond donors (Lipinski definition) is 0. The van der Waals surface area contributed by atoms with Crippen LogP contribution in [0.25, 0.3) is 21.8 Å². The van der Waals surface area contributed by atoms with Gasteiger partial charge in [-0.2, -0.15) is 0 Å². The van der Waals surface area contributed by atoms with E-state index < -0.39 is 11.9 Å². The maximum atomic E-state index is 13.9. The molecular weight excluding hydrogens is 620 g/mol. The van der Waals surface area contributed by atoms with Crippen LogP contribution in [0.3, 0.4) is 0 Å². The molecule has 2 aromatic carbocycles. The van der Waals surface area contributed by atoms with Crippen LogP contribution in [0.5, 0.6) is 0 Å². The van der Waals surface area contributed by atoms with Gasteiger partial charge in [-0.1, -0.05) is 69.6 Å². The molecule has 2 atom stereocenters. The summed E-state index contributed by atoms with van der Waals surface area (Å²) in [5.41, 5.74) is 1.30. The van der Waals surface area contributed by atoms with Crippen molar-refractivity contribution in [2.45, 2.75) is 60.0 Å². The van der Waals surface area contributed by atoms with Crippen LogP contribution in [-0.2, 0) is 23.9 Å². The maximum absolute atomic E-state index is 13.9. The lowest BCUT2D eigenvalue weighted by atomic mass is 9.75. The quantitative estimate of drug-likeness (QED) is 0.185. The average Bonchev–Trinajstić information content (AvgIpc) is 3.60. The fourth-order valence-corrected chi connectivity index (χ4v) is 6.59. The molecule has 2 heterocycles. The van der Waals surface area contributed by atoms with Gasteiger partial charge < -0.3 is 14.4 Å². The summed E-state index contributed by atoms with van der Waals surface area (Å²) in [6.45, 7) is 17.7. The van der Waals surface area contributed by atoms with E-state index in [-0.39, 0.29) is 77.1 Å². The Kier molecular flexibility index (Phi) is 10.2. The van der Waals surface area contributed by atoms with E-state index in [1.165, 1.54) is 15.6 Å². The number of aliphatic imine (C=N–C) groups is 1. The number of carbonyl (C=O) groups is 3. The highest BCUT2D eigenvalue weighted by Crippen LogP contribution is 2.39. The summed E-state index contributed by atoms with van der Waals surface area (Å²) in [7, 11) is 0. The largest absolute Gasteiger partial charge is 0.465 e. The number of esters is 2. The Labute approximate surface area is 279 Å². The van der Waals surface area contributed by atoms with Crippen LogP contribution in [0.15, 0.2) is 59.2 Å². The fraction of sp³-hybridized carbons (Fsp3) is 0.400. The Morgan fingerprint density at radius 1 is 1.09 bits per heavy atom. The highest BCUT2D eigenvalue weighted by molar-refractivity contribution is 6.34. The van der Waals surface area contributed by atoms with Gasteiger partial charge in [0.05, 0.1) is 23.9 Å². The topological polar surface area (TPSA) is 120 Å². The van der Waals surface area contributed by atoms with Gasteiger partial charge in [-0.3, -0.25) is 9.59 Å². The van der Waals surface area contributed by atoms with Crippen LogP contribution >= 0.6 is 11.6 Å². The zero-order valence-electron chi connectivity index (χ0n) is 27.1. The molecule has 47 heavy (non-hydrogen) atoms. The molecule has 11 nitrogen and oxygen atoms in total. The number of halogens is 1. The van der Waals surface area contributed by atoms with E-state index >= 15 is 0 Å². The summed E-state index contributed by atoms with van der Waals surface area (Å²) >= 11 is 6.70. The number of allylic oxidation sites excluding steroid dienone is 1. The van der Waals surface area contributed by atoms with Gasteiger partial charge in [-0.25, -0.2) is 24.3 Å². The molecule has 5 rings (SSSR count). The molecule has 0 N–H and O–H groups in total. The molecule has 244 valence electrons. The van der Waals surface area contributed by atoms with Crippen LogP contribution in [0.1, 0.15) is 59.7 Å². The lowest BCUT2D eigenvalue weighted by Gasteiger charge is -2.37. The summed E-state index contributed by atoms with van der Waals surface area (Å²) < 4.78 is 12.5. The second kappa shape index (κ2) is 14.3. The van der Waals surface area contributed by atoms with Crippen LogP contribution in [-0.4, -0.2) is 57.7 Å². The molecule has 1 aliphatic heterocycles. The number of ether oxygens (including phenoxy) is 2. The van der Waals surface area contributed by atoms with Crippen molar-refractivity contribution < 1.29 is 23.9 Å². The highest BCUT2D eigenvalue weighted by atomic mass is 35.5. The molecule has 2 unspecified atom stereocenters. The predicted octanol–water partition coefficient (Wildman–Crippen LogP) is 6.74. The Bertz CT molecular complexity index is 1780. The Balaban J connectivity index is 1.57. The zero-order chi connectivity index (χ0) is 33.8. The van der Waals surface area contributed by atoms with Gasteiger partial charge in [-0.15, -0.1) is 5.10 Å². The van der Waals surface area contributed by atoms with Gasteiger partial charge in [0.15, 0.2) is 17.5 Å². The molecule has 1 saturated carbocycles. The molecule has 3 aromatic rings. The summed E-state index contributed by atoms with van der Waals surface area (Å²) in [5.74, 6) is -0.0734. The first-order valence-corrected chi connectivity index (χ1v) is 16.1. The van der Waals surface area contributed by atoms with E-state index in [0.29, 0.717) is 17.4 Å². The Morgan fingerprint density at radius 2 is 1.79 bits per heavy atom. The van der Waals surface area contributed by atoms with Crippen molar-refractivity contribution in [3.05, 3.63) is 76.5 Å². The molecule has 0 spiro atoms. The number of amides is 1. The molecular formula is C35H37ClN6O5. The average molecular weight is 657 g/mol. The minimum atomic E-state index is -0.651. The second-order valence-electron chi connectivity index (χ2n) is 12.0. The number of nitrogens with zero attached hydrogens (tertiary/aromatic N) is 6. The molecule has 2 aliphatic rings. The lowest BCUT2D eigenvalue weighted by molar-refractivity contribution is -0.150. The summed E-state index contributed by atoms with van der Waals surface area (Å²) in [6.07, 6.45) is 1.73. The number of hydrogen-bond acceptors (Lipinski definition) is 8. The fourth-order valence-electron chi connectivity index (χ4n) is 6.37. The highest BCUT2D eigenvalue weighted by Gasteiger charge is 2.41. The molecule has 1 aliphatic carbocycles. The van der Waals surface area contributed by atoms with Crippen molar-refractivity contribution in [1.29, 1.82) is 0 Å². The summed E-state index contributed by atoms with van der Waals surface area (Å²) in [6, 6.07) is 14.0. The van der Waals surface area contributed by atoms with Crippen molar-refractivity contribution in [1.82, 2.24) is 14.8 Å². The molecule has 0 bridgehead atoms. The number of carbonyl (C=O) groups excluding carboxylic acids is 3. The minimum absolute atomic E-state index is 0.00616. The third-order valence-electron chi connectivity index (χ3n) is 8.41. The second-order valence-corrected chi connectivity index (χ2v) is 12.4. The Morgan fingerprint density at radius 3 is 2.40 bits per heavy atom. The van der Waals surface area contributed by atoms with E-state index in [9.17, 15) is 14.4 Å². The third-order valence-corrected chi connectivity index (χ3v) is 8.71. The first-order valence-electron chi connectivity index (χ1n) is 15.8. The summed E-state index contributed by atoms with van der Waals surface area (Å²) in [4.78, 5) is 53.2. The first-order chi connectivity index (χ1) is 22.6. The number of anilines is 1. The number of benzene rings is 2. The van der Waals surface area contributed by atoms with Crippen molar-refractivity contribution in [3.8, 4) is 11.4 Å². The van der Waals surface area contributed by atoms with E-state index in [0.717, 1.165) is 18.4 Å². The minimum Gasteiger partial charge on any atom is -0.465 e. The molecule has 1 aromatic heterocycles. The number of fused-ring (bicyclic) bond motifs is 1. The van der Waals surface area contributed by atoms with Gasteiger partial charge in [0.2, 0.25) is 11.6 Å². The monoisotopic (exact) mass is 656 g/mol. The van der Waals surface area contributed by atoms with Gasteiger partial charge in [0, 0.05) is 17.7 Å². The lowest BCUT2D eigenvalue weighted by Crippen LogP contribution is -2.37. The third kappa shape index (κ3) is 6.98. The first kappa shape index (κ1) is 33.5. The van der Waals surface area contributed by atoms with Crippen LogP contribution in [0.4, 0.5) is 11.4 Å². The van der Waals surface area contributed by atoms with Gasteiger partial charge in [-0.05, 0) is 55.7 Å². The number of rotatable bonds is 9. The summed E-state index contributed by atoms with van der Waals surface area (Å²) in [5, 5.41) is 4.80. The van der Waals surface area contributed by atoms with E-state index in [1.54, 1.807) is 26.0 Å². The van der Waals surface area contributed by atoms with Crippen LogP contribution in [0.2, 0.25) is 5.02 Å². The zero-order valence-corrected chi connectivity index (χ0v) is 27.8. The molecule has 1 amide bonds. The molecule has 1 fully saturated rings. The molecule has 0 radical (unpaired) electrons. The predicted molar refractivity (Wildman–Crippen MR) is 179 cm³/mol. The molecule has 0 saturated heterocycles. The number of aromatic nitrogens is 3. The van der Waals surface area contributed by atoms with E-state index in [4.69, 9.17) is 32.6 Å². The van der Waals surface area contributed by atoms with Crippen molar-refractivity contribution in [3.63, 3.8) is 0 Å². The van der Waals surface area contributed by atoms with Gasteiger partial charge in [0.1, 0.15) is 18.2 Å².